The number of nitrogens with two attached hydrogens (primary N) is 1. The normalized spacial score (nSPS) is 11.1. The molecule has 2 N–H and O–H groups in total. The lowest BCUT2D eigenvalue weighted by atomic mass is 10.0. The zero-order valence-electron chi connectivity index (χ0n) is 10.4. The molecule has 0 amide bonds. The summed E-state index contributed by atoms with van der Waals surface area (Å²) >= 11 is 1.25. The van der Waals surface area contributed by atoms with Crippen molar-refractivity contribution in [2.45, 2.75) is 13.8 Å². The number of rotatable bonds is 1. The summed E-state index contributed by atoms with van der Waals surface area (Å²) in [6.45, 7) is 3.94. The minimum absolute atomic E-state index is 0.376. The highest BCUT2D eigenvalue weighted by Gasteiger charge is 2.14. The maximum absolute atomic E-state index is 11.7. The number of nitrogens with zero attached hydrogens (tertiary/aromatic N) is 2. The Morgan fingerprint density at radius 2 is 2.00 bits per heavy atom. The summed E-state index contributed by atoms with van der Waals surface area (Å²) in [5.41, 5.74) is 8.56. The van der Waals surface area contributed by atoms with E-state index in [1.54, 1.807) is 0 Å². The number of hydrogen-bond acceptors (Lipinski definition) is 6. The fourth-order valence-corrected chi connectivity index (χ4v) is 2.83. The number of fused-ring (bicyclic) bond motifs is 1. The Labute approximate surface area is 112 Å². The van der Waals surface area contributed by atoms with Crippen molar-refractivity contribution in [3.63, 3.8) is 0 Å². The summed E-state index contributed by atoms with van der Waals surface area (Å²) in [7, 11) is 0. The fourth-order valence-electron chi connectivity index (χ4n) is 2.19. The molecule has 3 aromatic rings. The lowest BCUT2D eigenvalue weighted by molar-refractivity contribution is 0.561. The summed E-state index contributed by atoms with van der Waals surface area (Å²) in [6, 6.07) is 5.32. The van der Waals surface area contributed by atoms with Gasteiger partial charge in [-0.1, -0.05) is 17.4 Å². The minimum atomic E-state index is -0.402. The minimum Gasteiger partial charge on any atom is -0.423 e. The second-order valence-corrected chi connectivity index (χ2v) is 5.39. The first-order valence-corrected chi connectivity index (χ1v) is 6.51. The van der Waals surface area contributed by atoms with Gasteiger partial charge in [0.05, 0.1) is 0 Å². The molecule has 96 valence electrons. The third-order valence-corrected chi connectivity index (χ3v) is 3.64. The quantitative estimate of drug-likeness (QED) is 0.689. The number of hydrogen-bond donors (Lipinski definition) is 1. The van der Waals surface area contributed by atoms with E-state index in [2.05, 4.69) is 10.2 Å². The highest BCUT2D eigenvalue weighted by molar-refractivity contribution is 7.18. The Morgan fingerprint density at radius 1 is 1.21 bits per heavy atom. The molecule has 19 heavy (non-hydrogen) atoms. The average Bonchev–Trinajstić information content (AvgIpc) is 2.73. The molecule has 0 saturated carbocycles. The third-order valence-electron chi connectivity index (χ3n) is 2.86. The number of anilines is 1. The first kappa shape index (κ1) is 11.9. The zero-order chi connectivity index (χ0) is 13.6. The predicted octanol–water partition coefficient (Wildman–Crippen LogP) is 2.51. The van der Waals surface area contributed by atoms with E-state index in [1.807, 2.05) is 26.0 Å². The van der Waals surface area contributed by atoms with Gasteiger partial charge in [-0.15, -0.1) is 10.2 Å². The number of aromatic nitrogens is 2. The van der Waals surface area contributed by atoms with Crippen molar-refractivity contribution < 1.29 is 4.42 Å². The van der Waals surface area contributed by atoms with Crippen LogP contribution in [0.25, 0.3) is 21.5 Å². The molecule has 2 aromatic heterocycles. The molecular weight excluding hydrogens is 262 g/mol. The Hall–Kier alpha value is -2.21. The van der Waals surface area contributed by atoms with Gasteiger partial charge in [-0.3, -0.25) is 0 Å². The molecule has 3 rings (SSSR count). The molecule has 0 spiro atoms. The van der Waals surface area contributed by atoms with Crippen LogP contribution in [-0.2, 0) is 0 Å². The Morgan fingerprint density at radius 3 is 2.68 bits per heavy atom. The van der Waals surface area contributed by atoms with Gasteiger partial charge in [0, 0.05) is 17.0 Å². The van der Waals surface area contributed by atoms with E-state index < -0.39 is 5.63 Å². The molecular formula is C13H11N3O2S. The number of aryl methyl sites for hydroxylation is 2. The van der Waals surface area contributed by atoms with Gasteiger partial charge in [-0.25, -0.2) is 4.79 Å². The van der Waals surface area contributed by atoms with E-state index in [0.717, 1.165) is 22.1 Å². The topological polar surface area (TPSA) is 82.0 Å². The largest absolute Gasteiger partial charge is 0.423 e. The fraction of sp³-hybridized carbons (Fsp3) is 0.154. The van der Waals surface area contributed by atoms with Crippen LogP contribution in [0.1, 0.15) is 11.1 Å². The second kappa shape index (κ2) is 4.17. The van der Waals surface area contributed by atoms with Crippen LogP contribution in [0, 0.1) is 13.8 Å². The van der Waals surface area contributed by atoms with Crippen molar-refractivity contribution in [1.82, 2.24) is 10.2 Å². The van der Waals surface area contributed by atoms with Crippen LogP contribution in [0.4, 0.5) is 5.13 Å². The van der Waals surface area contributed by atoms with Crippen LogP contribution in [0.5, 0.6) is 0 Å². The van der Waals surface area contributed by atoms with Gasteiger partial charge in [0.1, 0.15) is 5.58 Å². The molecule has 1 aromatic carbocycles. The molecule has 6 heteroatoms. The van der Waals surface area contributed by atoms with E-state index >= 15 is 0 Å². The lowest BCUT2D eigenvalue weighted by Crippen LogP contribution is -1.99. The maximum atomic E-state index is 11.7. The van der Waals surface area contributed by atoms with Gasteiger partial charge >= 0.3 is 5.63 Å². The third kappa shape index (κ3) is 2.00. The van der Waals surface area contributed by atoms with Crippen molar-refractivity contribution >= 4 is 27.4 Å². The highest BCUT2D eigenvalue weighted by atomic mass is 32.1. The van der Waals surface area contributed by atoms with Crippen LogP contribution in [0.3, 0.4) is 0 Å². The molecule has 5 nitrogen and oxygen atoms in total. The highest BCUT2D eigenvalue weighted by Crippen LogP contribution is 2.32. The number of benzene rings is 1. The molecule has 0 bridgehead atoms. The second-order valence-electron chi connectivity index (χ2n) is 4.38. The molecule has 2 heterocycles. The number of nitrogen functional groups attached to an aromatic ring is 1. The van der Waals surface area contributed by atoms with Crippen molar-refractivity contribution in [3.05, 3.63) is 39.7 Å². The molecule has 0 fully saturated rings. The van der Waals surface area contributed by atoms with E-state index in [-0.39, 0.29) is 0 Å². The molecule has 0 radical (unpaired) electrons. The molecule has 0 aliphatic rings. The van der Waals surface area contributed by atoms with Crippen molar-refractivity contribution in [2.75, 3.05) is 5.73 Å². The standard InChI is InChI=1S/C13H11N3O2S/c1-6-3-7(2)11-8(12-15-16-13(14)19-12)5-10(17)18-9(11)4-6/h3-5H,1-2H3,(H2,14,16). The molecule has 0 unspecified atom stereocenters. The van der Waals surface area contributed by atoms with Gasteiger partial charge in [0.15, 0.2) is 5.01 Å². The summed E-state index contributed by atoms with van der Waals surface area (Å²) in [6.07, 6.45) is 0. The lowest BCUT2D eigenvalue weighted by Gasteiger charge is -2.06. The first-order valence-electron chi connectivity index (χ1n) is 5.69. The van der Waals surface area contributed by atoms with Gasteiger partial charge in [0.2, 0.25) is 5.13 Å². The van der Waals surface area contributed by atoms with Crippen LogP contribution < -0.4 is 11.4 Å². The van der Waals surface area contributed by atoms with E-state index in [1.165, 1.54) is 17.4 Å². The van der Waals surface area contributed by atoms with E-state index in [0.29, 0.717) is 15.7 Å². The van der Waals surface area contributed by atoms with E-state index in [4.69, 9.17) is 10.2 Å². The average molecular weight is 273 g/mol. The van der Waals surface area contributed by atoms with Gasteiger partial charge < -0.3 is 10.2 Å². The summed E-state index contributed by atoms with van der Waals surface area (Å²) in [5, 5.41) is 9.67. The molecule has 0 atom stereocenters. The maximum Gasteiger partial charge on any atom is 0.336 e. The van der Waals surface area contributed by atoms with Crippen molar-refractivity contribution in [2.24, 2.45) is 0 Å². The molecule has 0 saturated heterocycles. The Bertz CT molecular complexity index is 836. The monoisotopic (exact) mass is 273 g/mol. The van der Waals surface area contributed by atoms with Crippen molar-refractivity contribution in [3.8, 4) is 10.6 Å². The van der Waals surface area contributed by atoms with Gasteiger partial charge in [0.25, 0.3) is 0 Å². The SMILES string of the molecule is Cc1cc(C)c2c(-c3nnc(N)s3)cc(=O)oc2c1. The van der Waals surface area contributed by atoms with Crippen LogP contribution in [0.2, 0.25) is 0 Å². The summed E-state index contributed by atoms with van der Waals surface area (Å²) < 4.78 is 5.26. The Kier molecular flexibility index (Phi) is 2.60. The molecule has 0 aliphatic carbocycles. The first-order chi connectivity index (χ1) is 9.04. The summed E-state index contributed by atoms with van der Waals surface area (Å²) in [5.74, 6) is 0. The smallest absolute Gasteiger partial charge is 0.336 e. The Balaban J connectivity index is 2.44. The van der Waals surface area contributed by atoms with Crippen LogP contribution in [-0.4, -0.2) is 10.2 Å². The summed E-state index contributed by atoms with van der Waals surface area (Å²) in [4.78, 5) is 11.7. The predicted molar refractivity (Wildman–Crippen MR) is 75.3 cm³/mol. The van der Waals surface area contributed by atoms with Crippen LogP contribution >= 0.6 is 11.3 Å². The van der Waals surface area contributed by atoms with Gasteiger partial charge in [-0.2, -0.15) is 0 Å². The van der Waals surface area contributed by atoms with Gasteiger partial charge in [-0.05, 0) is 31.0 Å². The van der Waals surface area contributed by atoms with Crippen LogP contribution in [0.15, 0.2) is 27.4 Å². The van der Waals surface area contributed by atoms with Crippen molar-refractivity contribution in [1.29, 1.82) is 0 Å². The zero-order valence-corrected chi connectivity index (χ0v) is 11.2. The molecule has 0 aliphatic heterocycles. The van der Waals surface area contributed by atoms with E-state index in [9.17, 15) is 4.79 Å².